The van der Waals surface area contributed by atoms with E-state index in [9.17, 15) is 31.7 Å². The number of esters is 2. The molecule has 0 amide bonds. The molecule has 1 aromatic rings. The van der Waals surface area contributed by atoms with E-state index >= 15 is 0 Å². The summed E-state index contributed by atoms with van der Waals surface area (Å²) in [6, 6.07) is 1.86. The maximum Gasteiger partial charge on any atom is 0.350 e. The van der Waals surface area contributed by atoms with Crippen molar-refractivity contribution in [3.8, 4) is 17.6 Å². The van der Waals surface area contributed by atoms with Crippen molar-refractivity contribution in [3.05, 3.63) is 31.2 Å². The number of carbonyl (C=O) groups is 2. The minimum atomic E-state index is -4.18. The molecule has 2 aliphatic heterocycles. The molecule has 1 aromatic carbocycles. The molecule has 0 radical (unpaired) electrons. The Balaban J connectivity index is 1.98. The Morgan fingerprint density at radius 3 is 1.42 bits per heavy atom. The molecule has 12 nitrogen and oxygen atoms in total. The van der Waals surface area contributed by atoms with Crippen LogP contribution in [0, 0.1) is 17.9 Å². The number of unbranched alkanes of at least 4 members (excludes halogenated alkanes) is 10. The van der Waals surface area contributed by atoms with E-state index in [4.69, 9.17) is 24.4 Å². The van der Waals surface area contributed by atoms with E-state index in [2.05, 4.69) is 18.7 Å². The van der Waals surface area contributed by atoms with Gasteiger partial charge >= 0.3 is 32.2 Å². The highest BCUT2D eigenvalue weighted by Crippen LogP contribution is 2.68. The third-order valence-corrected chi connectivity index (χ3v) is 13.1. The van der Waals surface area contributed by atoms with E-state index in [0.717, 1.165) is 124 Å². The van der Waals surface area contributed by atoms with Crippen LogP contribution >= 0.6 is 47.0 Å². The highest BCUT2D eigenvalue weighted by Gasteiger charge is 2.41. The summed E-state index contributed by atoms with van der Waals surface area (Å²) < 4.78 is 71.7. The molecule has 0 N–H and O–H groups in total. The smallest absolute Gasteiger partial charge is 0.350 e. The van der Waals surface area contributed by atoms with Crippen molar-refractivity contribution in [3.63, 3.8) is 0 Å². The van der Waals surface area contributed by atoms with Gasteiger partial charge in [-0.3, -0.25) is 4.79 Å². The number of thioether (sulfide) groups is 4. The first-order valence-electron chi connectivity index (χ1n) is 16.1. The summed E-state index contributed by atoms with van der Waals surface area (Å²) in [5.41, 5.74) is -0.707. The molecular weight excluding hydrogens is 765 g/mol. The van der Waals surface area contributed by atoms with Crippen LogP contribution in [0.2, 0.25) is 0 Å². The van der Waals surface area contributed by atoms with Gasteiger partial charge in [-0.1, -0.05) is 125 Å². The average Bonchev–Trinajstić information content (AvgIpc) is 3.67. The van der Waals surface area contributed by atoms with Crippen LogP contribution in [0.5, 0.6) is 11.5 Å². The number of rotatable bonds is 20. The van der Waals surface area contributed by atoms with Gasteiger partial charge in [0.2, 0.25) is 0 Å². The van der Waals surface area contributed by atoms with E-state index in [1.807, 2.05) is 6.07 Å². The molecule has 0 spiro atoms. The van der Waals surface area contributed by atoms with Gasteiger partial charge in [-0.15, -0.1) is 0 Å². The molecule has 2 heterocycles. The second-order valence-corrected chi connectivity index (χ2v) is 19.0. The van der Waals surface area contributed by atoms with Gasteiger partial charge in [0, 0.05) is 0 Å². The lowest BCUT2D eigenvalue weighted by Gasteiger charge is -2.15. The summed E-state index contributed by atoms with van der Waals surface area (Å²) in [5, 5.41) is 9.94. The number of fused-ring (bicyclic) bond motifs is 2. The number of benzene rings is 1. The Morgan fingerprint density at radius 2 is 1.04 bits per heavy atom. The third-order valence-electron chi connectivity index (χ3n) is 6.97. The monoisotopic (exact) mass is 804 g/mol. The molecule has 0 bridgehead atoms. The quantitative estimate of drug-likeness (QED) is 0.0308. The largest absolute Gasteiger partial charge is 0.471 e. The third kappa shape index (κ3) is 12.3. The van der Waals surface area contributed by atoms with Crippen molar-refractivity contribution in [2.45, 2.75) is 110 Å². The van der Waals surface area contributed by atoms with E-state index in [-0.39, 0.29) is 64.0 Å². The molecule has 3 rings (SSSR count). The van der Waals surface area contributed by atoms with Gasteiger partial charge in [-0.2, -0.15) is 22.1 Å². The topological polar surface area (TPSA) is 167 Å². The summed E-state index contributed by atoms with van der Waals surface area (Å²) in [6.45, 7) is 12.2. The molecule has 0 aromatic heterocycles. The number of nitrogens with zero attached hydrogens (tertiary/aromatic N) is 2. The van der Waals surface area contributed by atoms with Gasteiger partial charge in [0.05, 0.1) is 60.4 Å². The maximum absolute atomic E-state index is 13.0. The van der Waals surface area contributed by atoms with Gasteiger partial charge in [-0.05, 0) is 12.8 Å². The number of hydrogen-bond donors (Lipinski definition) is 0. The zero-order valence-electron chi connectivity index (χ0n) is 28.3. The predicted octanol–water partition coefficient (Wildman–Crippen LogP) is 8.39. The van der Waals surface area contributed by atoms with Crippen LogP contribution in [0.15, 0.2) is 39.3 Å². The Bertz CT molecular complexity index is 1640. The number of carbonyl (C=O) groups excluding carboxylic acids is 2. The molecule has 18 heteroatoms. The lowest BCUT2D eigenvalue weighted by molar-refractivity contribution is -0.139. The van der Waals surface area contributed by atoms with Gasteiger partial charge in [0.15, 0.2) is 17.1 Å². The highest BCUT2D eigenvalue weighted by molar-refractivity contribution is 8.26. The summed E-state index contributed by atoms with van der Waals surface area (Å²) in [6.07, 6.45) is 13.3. The lowest BCUT2D eigenvalue weighted by atomic mass is 10.1. The Labute approximate surface area is 311 Å². The van der Waals surface area contributed by atoms with Gasteiger partial charge in [0.1, 0.15) is 6.07 Å². The summed E-state index contributed by atoms with van der Waals surface area (Å²) >= 11 is 3.33. The zero-order valence-corrected chi connectivity index (χ0v) is 33.2. The summed E-state index contributed by atoms with van der Waals surface area (Å²) in [7, 11) is -8.36. The SMILES string of the molecule is [C-]#[N+]C(C(=O)OCCCCCCCC)=C1Sc2c(OS(C)(=O)=O)c3c(c(OS(C)(=O)=O)c2S1)SC(=C(C#N)C(=O)OCCCCCCCC)S3. The van der Waals surface area contributed by atoms with Crippen molar-refractivity contribution in [1.82, 2.24) is 0 Å². The average molecular weight is 805 g/mol. The second-order valence-electron chi connectivity index (χ2n) is 11.3. The van der Waals surface area contributed by atoms with Crippen molar-refractivity contribution in [1.29, 1.82) is 5.26 Å². The Morgan fingerprint density at radius 1 is 0.660 bits per heavy atom. The van der Waals surface area contributed by atoms with Crippen LogP contribution in [-0.4, -0.2) is 54.5 Å². The van der Waals surface area contributed by atoms with Crippen LogP contribution in [-0.2, 0) is 39.3 Å². The fraction of sp³-hybridized carbons (Fsp3) is 0.562. The number of hydrogen-bond acceptors (Lipinski definition) is 15. The molecule has 50 heavy (non-hydrogen) atoms. The number of nitriles is 1. The highest BCUT2D eigenvalue weighted by atomic mass is 32.2. The fourth-order valence-corrected chi connectivity index (χ4v) is 11.1. The molecule has 0 saturated heterocycles. The first-order chi connectivity index (χ1) is 23.7. The van der Waals surface area contributed by atoms with Gasteiger partial charge in [0.25, 0.3) is 5.70 Å². The fourth-order valence-electron chi connectivity index (χ4n) is 4.64. The van der Waals surface area contributed by atoms with Crippen LogP contribution in [0.4, 0.5) is 0 Å². The second kappa shape index (κ2) is 19.9. The molecule has 0 saturated carbocycles. The Hall–Kier alpha value is -2.48. The normalized spacial score (nSPS) is 13.6. The predicted molar refractivity (Wildman–Crippen MR) is 196 cm³/mol. The minimum absolute atomic E-state index is 0.0775. The van der Waals surface area contributed by atoms with Crippen LogP contribution in [0.3, 0.4) is 0 Å². The maximum atomic E-state index is 13.0. The first kappa shape index (κ1) is 41.9. The molecule has 0 atom stereocenters. The van der Waals surface area contributed by atoms with E-state index in [0.29, 0.717) is 12.8 Å². The van der Waals surface area contributed by atoms with Crippen molar-refractivity contribution in [2.75, 3.05) is 25.7 Å². The van der Waals surface area contributed by atoms with Crippen LogP contribution < -0.4 is 8.37 Å². The number of ether oxygens (including phenoxy) is 2. The molecule has 0 unspecified atom stereocenters. The zero-order chi connectivity index (χ0) is 36.9. The van der Waals surface area contributed by atoms with Crippen LogP contribution in [0.1, 0.15) is 90.9 Å². The summed E-state index contributed by atoms with van der Waals surface area (Å²) in [4.78, 5) is 29.7. The van der Waals surface area contributed by atoms with Crippen molar-refractivity contribution in [2.24, 2.45) is 0 Å². The molecule has 0 aliphatic carbocycles. The van der Waals surface area contributed by atoms with E-state index in [1.165, 1.54) is 0 Å². The van der Waals surface area contributed by atoms with Crippen molar-refractivity contribution >= 4 is 79.2 Å². The Kier molecular flexibility index (Phi) is 16.7. The standard InChI is InChI=1S/C32H40N2O10S6/c1-6-8-10-12-14-16-18-41-29(35)21(20-33)31-45-25-23(43-49(4,37)38)27-28(24(26(25)46-31)44-50(5,39)40)48-32(47-27)22(34-3)30(36)42-19-17-15-13-11-9-7-2/h6-19H2,1-2,4-5H3. The lowest BCUT2D eigenvalue weighted by Crippen LogP contribution is -2.10. The molecule has 2 aliphatic rings. The van der Waals surface area contributed by atoms with Gasteiger partial charge in [-0.25, -0.2) is 9.64 Å². The van der Waals surface area contributed by atoms with Gasteiger partial charge < -0.3 is 17.8 Å². The van der Waals surface area contributed by atoms with E-state index in [1.54, 1.807) is 0 Å². The van der Waals surface area contributed by atoms with Crippen molar-refractivity contribution < 1.29 is 44.3 Å². The van der Waals surface area contributed by atoms with Crippen LogP contribution in [0.25, 0.3) is 4.85 Å². The molecule has 274 valence electrons. The molecule has 0 fully saturated rings. The first-order valence-corrected chi connectivity index (χ1v) is 23.0. The summed E-state index contributed by atoms with van der Waals surface area (Å²) in [5.74, 6) is -2.18. The minimum Gasteiger partial charge on any atom is -0.471 e. The molecular formula is C32H40N2O10S6. The van der Waals surface area contributed by atoms with E-state index < -0.39 is 32.2 Å².